The van der Waals surface area contributed by atoms with Crippen LogP contribution in [0.3, 0.4) is 0 Å². The average Bonchev–Trinajstić information content (AvgIpc) is 2.57. The first-order valence-corrected chi connectivity index (χ1v) is 4.06. The summed E-state index contributed by atoms with van der Waals surface area (Å²) in [7, 11) is 0. The van der Waals surface area contributed by atoms with Gasteiger partial charge >= 0.3 is 0 Å². The number of rotatable bonds is 1. The Balaban J connectivity index is 2.47. The van der Waals surface area contributed by atoms with Crippen molar-refractivity contribution in [2.24, 2.45) is 0 Å². The lowest BCUT2D eigenvalue weighted by atomic mass is 10.2. The third-order valence-corrected chi connectivity index (χ3v) is 1.80. The number of phenols is 1. The van der Waals surface area contributed by atoms with Crippen LogP contribution in [0.25, 0.3) is 11.5 Å². The first kappa shape index (κ1) is 8.55. The zero-order valence-electron chi connectivity index (χ0n) is 7.56. The summed E-state index contributed by atoms with van der Waals surface area (Å²) in [6, 6.07) is 4.74. The van der Waals surface area contributed by atoms with Crippen molar-refractivity contribution in [1.29, 1.82) is 0 Å². The largest absolute Gasteiger partial charge is 0.506 e. The summed E-state index contributed by atoms with van der Waals surface area (Å²) in [6.45, 7) is 1.73. The molecule has 1 aromatic carbocycles. The second-order valence-electron chi connectivity index (χ2n) is 2.92. The van der Waals surface area contributed by atoms with Gasteiger partial charge in [0.05, 0.1) is 5.69 Å². The van der Waals surface area contributed by atoms with Crippen LogP contribution in [0.1, 0.15) is 5.82 Å². The third kappa shape index (κ3) is 1.39. The fraction of sp³-hybridized carbons (Fsp3) is 0.111. The molecule has 0 aliphatic heterocycles. The molecule has 5 nitrogen and oxygen atoms in total. The van der Waals surface area contributed by atoms with Gasteiger partial charge in [-0.2, -0.15) is 4.98 Å². The Kier molecular flexibility index (Phi) is 1.85. The van der Waals surface area contributed by atoms with E-state index in [0.717, 1.165) is 0 Å². The molecule has 0 saturated carbocycles. The van der Waals surface area contributed by atoms with Gasteiger partial charge in [0, 0.05) is 5.56 Å². The molecule has 1 heterocycles. The minimum Gasteiger partial charge on any atom is -0.506 e. The van der Waals surface area contributed by atoms with E-state index in [-0.39, 0.29) is 5.75 Å². The van der Waals surface area contributed by atoms with Gasteiger partial charge in [-0.15, -0.1) is 0 Å². The molecule has 5 heteroatoms. The van der Waals surface area contributed by atoms with Crippen molar-refractivity contribution in [1.82, 2.24) is 10.1 Å². The first-order chi connectivity index (χ1) is 6.66. The zero-order chi connectivity index (χ0) is 10.1. The number of anilines is 1. The molecule has 0 saturated heterocycles. The predicted octanol–water partition coefficient (Wildman–Crippen LogP) is 1.33. The molecule has 0 aliphatic carbocycles. The van der Waals surface area contributed by atoms with Crippen LogP contribution in [0.2, 0.25) is 0 Å². The van der Waals surface area contributed by atoms with Crippen LogP contribution >= 0.6 is 0 Å². The molecule has 0 atom stereocenters. The van der Waals surface area contributed by atoms with Crippen LogP contribution in [0.4, 0.5) is 5.69 Å². The second kappa shape index (κ2) is 3.02. The van der Waals surface area contributed by atoms with Gasteiger partial charge in [0.25, 0.3) is 5.89 Å². The smallest absolute Gasteiger partial charge is 0.257 e. The second-order valence-corrected chi connectivity index (χ2v) is 2.92. The molecule has 0 fully saturated rings. The minimum atomic E-state index is 0.0463. The topological polar surface area (TPSA) is 85.2 Å². The number of nitrogen functional groups attached to an aromatic ring is 1. The van der Waals surface area contributed by atoms with E-state index in [0.29, 0.717) is 23.0 Å². The van der Waals surface area contributed by atoms with Gasteiger partial charge in [-0.3, -0.25) is 0 Å². The number of benzene rings is 1. The summed E-state index contributed by atoms with van der Waals surface area (Å²) < 4.78 is 4.95. The van der Waals surface area contributed by atoms with Crippen molar-refractivity contribution >= 4 is 5.69 Å². The Bertz CT molecular complexity index is 465. The Hall–Kier alpha value is -2.04. The van der Waals surface area contributed by atoms with E-state index in [1.165, 1.54) is 6.07 Å². The number of hydrogen-bond donors (Lipinski definition) is 2. The molecule has 0 bridgehead atoms. The Morgan fingerprint density at radius 2 is 2.21 bits per heavy atom. The van der Waals surface area contributed by atoms with Crippen LogP contribution in [0.5, 0.6) is 5.75 Å². The van der Waals surface area contributed by atoms with Gasteiger partial charge in [0.2, 0.25) is 0 Å². The molecule has 3 N–H and O–H groups in total. The summed E-state index contributed by atoms with van der Waals surface area (Å²) in [5.41, 5.74) is 6.51. The zero-order valence-corrected chi connectivity index (χ0v) is 7.56. The van der Waals surface area contributed by atoms with Crippen molar-refractivity contribution in [3.8, 4) is 17.2 Å². The number of aromatic nitrogens is 2. The average molecular weight is 191 g/mol. The van der Waals surface area contributed by atoms with Crippen LogP contribution in [0.15, 0.2) is 22.7 Å². The molecule has 2 rings (SSSR count). The van der Waals surface area contributed by atoms with Crippen LogP contribution in [-0.2, 0) is 0 Å². The number of phenolic OH excluding ortho intramolecular Hbond substituents is 1. The number of aromatic hydroxyl groups is 1. The quantitative estimate of drug-likeness (QED) is 0.524. The summed E-state index contributed by atoms with van der Waals surface area (Å²) >= 11 is 0. The van der Waals surface area contributed by atoms with Gasteiger partial charge < -0.3 is 15.4 Å². The van der Waals surface area contributed by atoms with Crippen LogP contribution in [-0.4, -0.2) is 15.2 Å². The molecule has 2 aromatic rings. The normalized spacial score (nSPS) is 10.4. The highest BCUT2D eigenvalue weighted by Crippen LogP contribution is 2.26. The lowest BCUT2D eigenvalue weighted by Gasteiger charge is -1.99. The summed E-state index contributed by atoms with van der Waals surface area (Å²) in [6.07, 6.45) is 0. The van der Waals surface area contributed by atoms with Crippen molar-refractivity contribution in [3.63, 3.8) is 0 Å². The molecule has 72 valence electrons. The molecular formula is C9H9N3O2. The van der Waals surface area contributed by atoms with E-state index >= 15 is 0 Å². The van der Waals surface area contributed by atoms with Crippen molar-refractivity contribution in [2.75, 3.05) is 5.73 Å². The molecule has 1 aromatic heterocycles. The number of nitrogens with zero attached hydrogens (tertiary/aromatic N) is 2. The van der Waals surface area contributed by atoms with Gasteiger partial charge in [-0.1, -0.05) is 5.16 Å². The Morgan fingerprint density at radius 1 is 1.43 bits per heavy atom. The lowest BCUT2D eigenvalue weighted by molar-refractivity contribution is 0.425. The maximum atomic E-state index is 9.20. The highest BCUT2D eigenvalue weighted by atomic mass is 16.5. The summed E-state index contributed by atoms with van der Waals surface area (Å²) in [4.78, 5) is 4.04. The van der Waals surface area contributed by atoms with Gasteiger partial charge in [0.15, 0.2) is 5.82 Å². The lowest BCUT2D eigenvalue weighted by Crippen LogP contribution is -1.86. The summed E-state index contributed by atoms with van der Waals surface area (Å²) in [5.74, 6) is 1.01. The number of hydrogen-bond acceptors (Lipinski definition) is 5. The molecule has 0 spiro atoms. The van der Waals surface area contributed by atoms with E-state index in [2.05, 4.69) is 10.1 Å². The fourth-order valence-electron chi connectivity index (χ4n) is 1.10. The monoisotopic (exact) mass is 191 g/mol. The van der Waals surface area contributed by atoms with Gasteiger partial charge in [-0.25, -0.2) is 0 Å². The molecule has 0 amide bonds. The minimum absolute atomic E-state index is 0.0463. The Labute approximate surface area is 80.2 Å². The van der Waals surface area contributed by atoms with Gasteiger partial charge in [-0.05, 0) is 25.1 Å². The van der Waals surface area contributed by atoms with Crippen LogP contribution in [0, 0.1) is 6.92 Å². The number of nitrogens with two attached hydrogens (primary N) is 1. The van der Waals surface area contributed by atoms with Crippen molar-refractivity contribution in [3.05, 3.63) is 24.0 Å². The van der Waals surface area contributed by atoms with E-state index in [4.69, 9.17) is 10.3 Å². The maximum absolute atomic E-state index is 9.20. The maximum Gasteiger partial charge on any atom is 0.257 e. The molecule has 0 radical (unpaired) electrons. The third-order valence-electron chi connectivity index (χ3n) is 1.80. The van der Waals surface area contributed by atoms with E-state index in [9.17, 15) is 5.11 Å². The first-order valence-electron chi connectivity index (χ1n) is 4.06. The predicted molar refractivity (Wildman–Crippen MR) is 50.5 cm³/mol. The summed E-state index contributed by atoms with van der Waals surface area (Å²) in [5, 5.41) is 12.9. The molecule has 0 unspecified atom stereocenters. The van der Waals surface area contributed by atoms with E-state index in [1.54, 1.807) is 19.1 Å². The number of aryl methyl sites for hydroxylation is 1. The molecule has 0 aliphatic rings. The van der Waals surface area contributed by atoms with E-state index in [1.807, 2.05) is 0 Å². The standard InChI is InChI=1S/C9H9N3O2/c1-5-11-9(14-12-5)6-2-3-8(13)7(10)4-6/h2-4,13H,10H2,1H3. The highest BCUT2D eigenvalue weighted by molar-refractivity contribution is 5.64. The van der Waals surface area contributed by atoms with Crippen molar-refractivity contribution < 1.29 is 9.63 Å². The van der Waals surface area contributed by atoms with Crippen LogP contribution < -0.4 is 5.73 Å². The van der Waals surface area contributed by atoms with Gasteiger partial charge in [0.1, 0.15) is 5.75 Å². The molecular weight excluding hydrogens is 182 g/mol. The highest BCUT2D eigenvalue weighted by Gasteiger charge is 2.07. The Morgan fingerprint density at radius 3 is 2.79 bits per heavy atom. The fourth-order valence-corrected chi connectivity index (χ4v) is 1.10. The van der Waals surface area contributed by atoms with Crippen molar-refractivity contribution in [2.45, 2.75) is 6.92 Å². The van der Waals surface area contributed by atoms with E-state index < -0.39 is 0 Å². The SMILES string of the molecule is Cc1noc(-c2ccc(O)c(N)c2)n1. The molecule has 14 heavy (non-hydrogen) atoms.